The topological polar surface area (TPSA) is 214 Å². The lowest BCUT2D eigenvalue weighted by molar-refractivity contribution is -0.332. The van der Waals surface area contributed by atoms with Crippen molar-refractivity contribution in [2.24, 2.45) is 0 Å². The van der Waals surface area contributed by atoms with Crippen LogP contribution in [0.15, 0.2) is 72.9 Å². The minimum atomic E-state index is -1.72. The first-order valence-electron chi connectivity index (χ1n) is 27.5. The van der Waals surface area contributed by atoms with Crippen LogP contribution in [0.5, 0.6) is 0 Å². The normalized spacial score (nSPS) is 25.9. The summed E-state index contributed by atoms with van der Waals surface area (Å²) in [4.78, 5) is 13.0. The molecule has 0 radical (unpaired) electrons. The van der Waals surface area contributed by atoms with E-state index in [9.17, 15) is 40.5 Å². The van der Waals surface area contributed by atoms with Crippen LogP contribution in [0.2, 0.25) is 0 Å². The van der Waals surface area contributed by atoms with Crippen molar-refractivity contribution in [3.63, 3.8) is 0 Å². The first-order chi connectivity index (χ1) is 34.6. The van der Waals surface area contributed by atoms with Gasteiger partial charge < -0.3 is 64.2 Å². The third-order valence-electron chi connectivity index (χ3n) is 12.7. The van der Waals surface area contributed by atoms with Crippen LogP contribution >= 0.6 is 0 Å². The average Bonchev–Trinajstić information content (AvgIpc) is 3.37. The van der Waals surface area contributed by atoms with Gasteiger partial charge in [-0.05, 0) is 83.5 Å². The highest BCUT2D eigenvalue weighted by Crippen LogP contribution is 2.26. The molecule has 2 heterocycles. The summed E-state index contributed by atoms with van der Waals surface area (Å²) >= 11 is 0. The lowest BCUT2D eigenvalue weighted by atomic mass is 9.98. The summed E-state index contributed by atoms with van der Waals surface area (Å²) in [5.41, 5.74) is 0. The molecule has 11 atom stereocenters. The van der Waals surface area contributed by atoms with Gasteiger partial charge in [0.25, 0.3) is 0 Å². The molecule has 0 aromatic carbocycles. The van der Waals surface area contributed by atoms with Gasteiger partial charge in [-0.3, -0.25) is 4.79 Å². The second kappa shape index (κ2) is 43.8. The predicted octanol–water partition coefficient (Wildman–Crippen LogP) is 9.08. The molecule has 14 nitrogen and oxygen atoms in total. The molecule has 71 heavy (non-hydrogen) atoms. The fourth-order valence-electron chi connectivity index (χ4n) is 8.25. The van der Waals surface area contributed by atoms with E-state index >= 15 is 0 Å². The molecule has 2 aliphatic heterocycles. The number of rotatable bonds is 43. The van der Waals surface area contributed by atoms with Crippen LogP contribution in [0.25, 0.3) is 0 Å². The molecular formula is C57H98O14. The Morgan fingerprint density at radius 3 is 1.44 bits per heavy atom. The Labute approximate surface area is 427 Å². The lowest BCUT2D eigenvalue weighted by Crippen LogP contribution is -2.61. The number of hydrogen-bond acceptors (Lipinski definition) is 14. The van der Waals surface area contributed by atoms with Crippen LogP contribution in [-0.2, 0) is 33.2 Å². The van der Waals surface area contributed by atoms with Crippen LogP contribution in [0.4, 0.5) is 0 Å². The molecule has 0 aromatic rings. The summed E-state index contributed by atoms with van der Waals surface area (Å²) in [6, 6.07) is 0. The molecule has 2 fully saturated rings. The number of carbonyl (C=O) groups excluding carboxylic acids is 1. The Hall–Kier alpha value is -2.57. The first-order valence-corrected chi connectivity index (χ1v) is 27.5. The highest BCUT2D eigenvalue weighted by molar-refractivity contribution is 5.69. The quantitative estimate of drug-likeness (QED) is 0.0173. The van der Waals surface area contributed by atoms with E-state index in [1.807, 2.05) is 0 Å². The van der Waals surface area contributed by atoms with Gasteiger partial charge in [0, 0.05) is 13.0 Å². The van der Waals surface area contributed by atoms with Crippen molar-refractivity contribution in [1.82, 2.24) is 0 Å². The van der Waals surface area contributed by atoms with Gasteiger partial charge in [0.2, 0.25) is 0 Å². The maximum atomic E-state index is 13.0. The number of esters is 1. The van der Waals surface area contributed by atoms with Crippen LogP contribution in [0.1, 0.15) is 181 Å². The van der Waals surface area contributed by atoms with Crippen LogP contribution in [0, 0.1) is 0 Å². The third kappa shape index (κ3) is 31.0. The molecule has 14 heteroatoms. The Bertz CT molecular complexity index is 1450. The van der Waals surface area contributed by atoms with Gasteiger partial charge in [0.05, 0.1) is 26.4 Å². The van der Waals surface area contributed by atoms with E-state index in [-0.39, 0.29) is 19.6 Å². The summed E-state index contributed by atoms with van der Waals surface area (Å²) < 4.78 is 34.3. The molecule has 0 aliphatic carbocycles. The molecular weight excluding hydrogens is 909 g/mol. The molecule has 0 saturated carbocycles. The Kier molecular flexibility index (Phi) is 39.8. The molecule has 11 unspecified atom stereocenters. The third-order valence-corrected chi connectivity index (χ3v) is 12.7. The van der Waals surface area contributed by atoms with Crippen LogP contribution in [0.3, 0.4) is 0 Å². The van der Waals surface area contributed by atoms with E-state index in [4.69, 9.17) is 28.4 Å². The molecule has 7 N–H and O–H groups in total. The largest absolute Gasteiger partial charge is 0.457 e. The molecule has 2 saturated heterocycles. The zero-order chi connectivity index (χ0) is 51.6. The van der Waals surface area contributed by atoms with E-state index in [1.165, 1.54) is 57.8 Å². The molecule has 2 aliphatic rings. The number of carbonyl (C=O) groups is 1. The molecule has 0 amide bonds. The summed E-state index contributed by atoms with van der Waals surface area (Å²) in [7, 11) is 0. The summed E-state index contributed by atoms with van der Waals surface area (Å²) in [6.07, 6.45) is 38.2. The van der Waals surface area contributed by atoms with Gasteiger partial charge in [0.1, 0.15) is 54.9 Å². The fourth-order valence-corrected chi connectivity index (χ4v) is 8.25. The summed E-state index contributed by atoms with van der Waals surface area (Å²) in [6.45, 7) is 3.51. The van der Waals surface area contributed by atoms with E-state index in [0.717, 1.165) is 96.3 Å². The lowest BCUT2D eigenvalue weighted by Gasteiger charge is -2.42. The van der Waals surface area contributed by atoms with Gasteiger partial charge in [-0.25, -0.2) is 0 Å². The Morgan fingerprint density at radius 2 is 0.915 bits per heavy atom. The minimum absolute atomic E-state index is 0.0439. The van der Waals surface area contributed by atoms with Gasteiger partial charge in [0.15, 0.2) is 12.6 Å². The number of hydrogen-bond donors (Lipinski definition) is 7. The Balaban J connectivity index is 1.74. The van der Waals surface area contributed by atoms with Gasteiger partial charge in [-0.1, -0.05) is 164 Å². The first kappa shape index (κ1) is 64.5. The van der Waals surface area contributed by atoms with Crippen LogP contribution in [-0.4, -0.2) is 142 Å². The number of allylic oxidation sites excluding steroid dienone is 12. The molecule has 410 valence electrons. The standard InChI is InChI=1S/C57H98O14/c1-3-5-7-9-11-13-15-17-19-20-21-22-23-24-25-27-29-31-33-35-37-39-41-66-43-46(69-49(59)40-38-36-34-32-30-28-26-18-16-14-12-10-8-6-4-2)44-67-56-55(65)53(63)51(61)48(71-56)45-68-57-54(64)52(62)50(60)47(42-58)70-57/h6,8,12,14-15,17-18,20-21,23-24,26,46-48,50-58,60-65H,3-5,7,9-11,13,16,19,22,25,27-45H2,1-2H3/b8-6-,14-12-,17-15-,21-20-,24-23-,26-18-. The minimum Gasteiger partial charge on any atom is -0.457 e. The maximum absolute atomic E-state index is 13.0. The Morgan fingerprint density at radius 1 is 0.479 bits per heavy atom. The summed E-state index contributed by atoms with van der Waals surface area (Å²) in [5, 5.41) is 72.2. The molecule has 0 aromatic heterocycles. The highest BCUT2D eigenvalue weighted by atomic mass is 16.7. The van der Waals surface area contributed by atoms with E-state index in [0.29, 0.717) is 13.0 Å². The zero-order valence-corrected chi connectivity index (χ0v) is 43.7. The maximum Gasteiger partial charge on any atom is 0.306 e. The number of aliphatic hydroxyl groups is 7. The SMILES string of the molecule is CC/C=C\C/C=C\C/C=C\CCCCCCCC(=O)OC(COCCCCCCCCC/C=C\C/C=C\C/C=C\CCCCCCC)COC1OC(COC2OC(CO)C(O)C(O)C2O)C(O)C(O)C1O. The molecule has 0 spiro atoms. The second-order valence-electron chi connectivity index (χ2n) is 19.0. The zero-order valence-electron chi connectivity index (χ0n) is 43.7. The van der Waals surface area contributed by atoms with Gasteiger partial charge >= 0.3 is 5.97 Å². The van der Waals surface area contributed by atoms with Crippen LogP contribution < -0.4 is 0 Å². The fraction of sp³-hybridized carbons (Fsp3) is 0.772. The van der Waals surface area contributed by atoms with E-state index in [1.54, 1.807) is 0 Å². The van der Waals surface area contributed by atoms with E-state index in [2.05, 4.69) is 86.8 Å². The van der Waals surface area contributed by atoms with Crippen molar-refractivity contribution in [2.75, 3.05) is 33.0 Å². The number of ether oxygens (including phenoxy) is 6. The highest BCUT2D eigenvalue weighted by Gasteiger charge is 2.47. The average molecular weight is 1010 g/mol. The van der Waals surface area contributed by atoms with Crippen molar-refractivity contribution >= 4 is 5.97 Å². The summed E-state index contributed by atoms with van der Waals surface area (Å²) in [5.74, 6) is -0.399. The molecule has 0 bridgehead atoms. The van der Waals surface area contributed by atoms with Crippen molar-refractivity contribution in [1.29, 1.82) is 0 Å². The van der Waals surface area contributed by atoms with Crippen molar-refractivity contribution in [3.8, 4) is 0 Å². The van der Waals surface area contributed by atoms with Crippen molar-refractivity contribution in [2.45, 2.75) is 248 Å². The number of aliphatic hydroxyl groups excluding tert-OH is 7. The van der Waals surface area contributed by atoms with Crippen molar-refractivity contribution < 1.29 is 69.0 Å². The van der Waals surface area contributed by atoms with Gasteiger partial charge in [-0.15, -0.1) is 0 Å². The smallest absolute Gasteiger partial charge is 0.306 e. The van der Waals surface area contributed by atoms with E-state index < -0.39 is 86.7 Å². The van der Waals surface area contributed by atoms with Crippen molar-refractivity contribution in [3.05, 3.63) is 72.9 Å². The van der Waals surface area contributed by atoms with Gasteiger partial charge in [-0.2, -0.15) is 0 Å². The number of unbranched alkanes of at least 4 members (excludes halogenated alkanes) is 17. The molecule has 2 rings (SSSR count). The second-order valence-corrected chi connectivity index (χ2v) is 19.0. The monoisotopic (exact) mass is 1010 g/mol. The predicted molar refractivity (Wildman–Crippen MR) is 279 cm³/mol.